The number of aldehydes is 1. The van der Waals surface area contributed by atoms with E-state index in [-0.39, 0.29) is 12.2 Å². The first-order valence-electron chi connectivity index (χ1n) is 12.5. The molecule has 6 nitrogen and oxygen atoms in total. The molecule has 1 aliphatic rings. The van der Waals surface area contributed by atoms with Crippen molar-refractivity contribution >= 4 is 11.9 Å². The van der Waals surface area contributed by atoms with Gasteiger partial charge in [0.25, 0.3) is 0 Å². The highest BCUT2D eigenvalue weighted by atomic mass is 19.1. The maximum atomic E-state index is 13.5. The minimum atomic E-state index is -0.500. The Morgan fingerprint density at radius 1 is 0.973 bits per heavy atom. The number of carbonyl (C=O) groups excluding carboxylic acids is 1. The number of carbonyl (C=O) groups is 1. The number of aliphatic hydroxyl groups excluding tert-OH is 1. The molecule has 0 spiro atoms. The summed E-state index contributed by atoms with van der Waals surface area (Å²) in [6.45, 7) is 7.13. The van der Waals surface area contributed by atoms with Crippen molar-refractivity contribution in [1.82, 2.24) is 14.6 Å². The molecule has 0 atom stereocenters. The number of hydrogen-bond donors (Lipinski definition) is 2. The van der Waals surface area contributed by atoms with Gasteiger partial charge < -0.3 is 15.0 Å². The number of aromatic nitrogens is 3. The molecule has 2 aromatic carbocycles. The summed E-state index contributed by atoms with van der Waals surface area (Å²) in [4.78, 5) is 16.0. The number of fused-ring (bicyclic) bond motifs is 2. The van der Waals surface area contributed by atoms with Gasteiger partial charge in [0.05, 0.1) is 17.0 Å². The molecule has 0 radical (unpaired) electrons. The molecule has 0 amide bonds. The van der Waals surface area contributed by atoms with E-state index >= 15 is 0 Å². The summed E-state index contributed by atoms with van der Waals surface area (Å²) in [7, 11) is 1.00. The zero-order valence-electron chi connectivity index (χ0n) is 22.3. The molecule has 37 heavy (non-hydrogen) atoms. The standard InChI is InChI=1S/C25H22FN3O.C4H10O.CH4O/c1-16-22(12-13-30)25(18-8-10-21(26)11-9-18)29-24(27-16)15-23(28-29)20-7-6-17-4-2-3-5-19(17)14-20;1-4(2,3)5;1-2/h6-11,13-15H,2-5,12H2,1H3;5H,1-3H3;2H,1H3. The van der Waals surface area contributed by atoms with Crippen LogP contribution in [-0.4, -0.2) is 43.8 Å². The van der Waals surface area contributed by atoms with Crippen molar-refractivity contribution in [2.45, 2.75) is 65.4 Å². The Morgan fingerprint density at radius 3 is 2.19 bits per heavy atom. The van der Waals surface area contributed by atoms with Gasteiger partial charge in [-0.1, -0.05) is 12.1 Å². The van der Waals surface area contributed by atoms with Gasteiger partial charge in [0, 0.05) is 42.0 Å². The summed E-state index contributed by atoms with van der Waals surface area (Å²) in [6, 6.07) is 14.9. The van der Waals surface area contributed by atoms with Crippen molar-refractivity contribution in [3.8, 4) is 22.5 Å². The van der Waals surface area contributed by atoms with Crippen LogP contribution in [0.2, 0.25) is 0 Å². The maximum Gasteiger partial charge on any atom is 0.156 e. The van der Waals surface area contributed by atoms with Gasteiger partial charge in [0.2, 0.25) is 0 Å². The Labute approximate surface area is 217 Å². The molecule has 0 aliphatic heterocycles. The highest BCUT2D eigenvalue weighted by Crippen LogP contribution is 2.31. The fourth-order valence-electron chi connectivity index (χ4n) is 4.42. The molecule has 2 aromatic heterocycles. The summed E-state index contributed by atoms with van der Waals surface area (Å²) in [5.74, 6) is -0.298. The zero-order valence-corrected chi connectivity index (χ0v) is 22.3. The molecule has 196 valence electrons. The van der Waals surface area contributed by atoms with E-state index in [4.69, 9.17) is 20.3 Å². The van der Waals surface area contributed by atoms with Crippen molar-refractivity contribution in [3.05, 3.63) is 76.7 Å². The van der Waals surface area contributed by atoms with Gasteiger partial charge in [0.1, 0.15) is 12.1 Å². The second-order valence-electron chi connectivity index (χ2n) is 10.1. The summed E-state index contributed by atoms with van der Waals surface area (Å²) >= 11 is 0. The summed E-state index contributed by atoms with van der Waals surface area (Å²) < 4.78 is 15.3. The SMILES string of the molecule is CC(C)(C)O.CO.Cc1nc2cc(-c3ccc4c(c3)CCCC4)nn2c(-c2ccc(F)cc2)c1CC=O. The highest BCUT2D eigenvalue weighted by Gasteiger charge is 2.18. The van der Waals surface area contributed by atoms with Gasteiger partial charge in [-0.3, -0.25) is 0 Å². The predicted molar refractivity (Wildman–Crippen MR) is 145 cm³/mol. The minimum Gasteiger partial charge on any atom is -0.400 e. The number of aryl methyl sites for hydroxylation is 3. The van der Waals surface area contributed by atoms with Crippen LogP contribution >= 0.6 is 0 Å². The van der Waals surface area contributed by atoms with Gasteiger partial charge in [0.15, 0.2) is 5.65 Å². The molecule has 2 heterocycles. The molecule has 7 heteroatoms. The minimum absolute atomic E-state index is 0.232. The lowest BCUT2D eigenvalue weighted by atomic mass is 9.90. The number of hydrogen-bond acceptors (Lipinski definition) is 5. The Kier molecular flexibility index (Phi) is 9.29. The normalized spacial score (nSPS) is 12.6. The van der Waals surface area contributed by atoms with Gasteiger partial charge >= 0.3 is 0 Å². The van der Waals surface area contributed by atoms with Gasteiger partial charge in [-0.25, -0.2) is 13.9 Å². The van der Waals surface area contributed by atoms with Crippen molar-refractivity contribution < 1.29 is 19.4 Å². The molecule has 5 rings (SSSR count). The molecule has 4 aromatic rings. The lowest BCUT2D eigenvalue weighted by Crippen LogP contribution is -2.10. The van der Waals surface area contributed by atoms with Crippen molar-refractivity contribution in [3.63, 3.8) is 0 Å². The first-order valence-corrected chi connectivity index (χ1v) is 12.5. The third-order valence-corrected chi connectivity index (χ3v) is 5.96. The van der Waals surface area contributed by atoms with E-state index in [0.29, 0.717) is 5.65 Å². The molecule has 0 fully saturated rings. The third kappa shape index (κ3) is 7.08. The summed E-state index contributed by atoms with van der Waals surface area (Å²) in [5.41, 5.74) is 8.16. The monoisotopic (exact) mass is 505 g/mol. The zero-order chi connectivity index (χ0) is 27.2. The van der Waals surface area contributed by atoms with Gasteiger partial charge in [-0.05, 0) is 94.8 Å². The second-order valence-corrected chi connectivity index (χ2v) is 10.1. The first kappa shape index (κ1) is 28.2. The highest BCUT2D eigenvalue weighted by molar-refractivity contribution is 5.74. The molecule has 0 bridgehead atoms. The first-order chi connectivity index (χ1) is 17.6. The molecule has 0 saturated heterocycles. The van der Waals surface area contributed by atoms with Crippen LogP contribution in [-0.2, 0) is 24.1 Å². The topological polar surface area (TPSA) is 87.7 Å². The molecule has 0 saturated carbocycles. The van der Waals surface area contributed by atoms with Crippen LogP contribution in [0.5, 0.6) is 0 Å². The predicted octanol–water partition coefficient (Wildman–Crippen LogP) is 5.52. The second kappa shape index (κ2) is 12.2. The number of nitrogens with zero attached hydrogens (tertiary/aromatic N) is 3. The molecule has 1 aliphatic carbocycles. The van der Waals surface area contributed by atoms with E-state index < -0.39 is 5.60 Å². The number of rotatable bonds is 4. The number of aliphatic hydroxyl groups is 2. The van der Waals surface area contributed by atoms with Crippen LogP contribution in [0.3, 0.4) is 0 Å². The third-order valence-electron chi connectivity index (χ3n) is 5.96. The number of benzene rings is 2. The average Bonchev–Trinajstić information content (AvgIpc) is 3.29. The molecule has 0 unspecified atom stereocenters. The van der Waals surface area contributed by atoms with Crippen molar-refractivity contribution in [2.24, 2.45) is 0 Å². The Morgan fingerprint density at radius 2 is 1.57 bits per heavy atom. The lowest BCUT2D eigenvalue weighted by Gasteiger charge is -2.16. The van der Waals surface area contributed by atoms with E-state index in [1.807, 2.05) is 13.0 Å². The van der Waals surface area contributed by atoms with Gasteiger partial charge in [-0.2, -0.15) is 5.10 Å². The smallest absolute Gasteiger partial charge is 0.156 e. The van der Waals surface area contributed by atoms with E-state index in [1.165, 1.54) is 36.1 Å². The Balaban J connectivity index is 0.000000489. The maximum absolute atomic E-state index is 13.5. The average molecular weight is 506 g/mol. The van der Waals surface area contributed by atoms with Crippen LogP contribution in [0.1, 0.15) is 56.0 Å². The van der Waals surface area contributed by atoms with Crippen LogP contribution in [0, 0.1) is 12.7 Å². The molecule has 2 N–H and O–H groups in total. The van der Waals surface area contributed by atoms with E-state index in [2.05, 4.69) is 18.2 Å². The van der Waals surface area contributed by atoms with Crippen molar-refractivity contribution in [2.75, 3.05) is 7.11 Å². The van der Waals surface area contributed by atoms with E-state index in [0.717, 1.165) is 60.0 Å². The van der Waals surface area contributed by atoms with Crippen LogP contribution in [0.25, 0.3) is 28.2 Å². The molecular formula is C30H36FN3O3. The van der Waals surface area contributed by atoms with E-state index in [9.17, 15) is 9.18 Å². The number of halogens is 1. The Hall–Kier alpha value is -3.42. The lowest BCUT2D eigenvalue weighted by molar-refractivity contribution is -0.107. The quantitative estimate of drug-likeness (QED) is 0.357. The fraction of sp³-hybridized carbons (Fsp3) is 0.367. The molecular weight excluding hydrogens is 469 g/mol. The summed E-state index contributed by atoms with van der Waals surface area (Å²) in [6.07, 6.45) is 5.84. The van der Waals surface area contributed by atoms with Crippen LogP contribution in [0.15, 0.2) is 48.5 Å². The van der Waals surface area contributed by atoms with E-state index in [1.54, 1.807) is 37.4 Å². The van der Waals surface area contributed by atoms with Crippen LogP contribution < -0.4 is 0 Å². The summed E-state index contributed by atoms with van der Waals surface area (Å²) in [5, 5.41) is 20.4. The largest absolute Gasteiger partial charge is 0.400 e. The fourth-order valence-corrected chi connectivity index (χ4v) is 4.42. The van der Waals surface area contributed by atoms with Crippen molar-refractivity contribution in [1.29, 1.82) is 0 Å². The Bertz CT molecular complexity index is 1350. The van der Waals surface area contributed by atoms with Crippen LogP contribution in [0.4, 0.5) is 4.39 Å². The van der Waals surface area contributed by atoms with Gasteiger partial charge in [-0.15, -0.1) is 0 Å².